The first-order chi connectivity index (χ1) is 16.6. The summed E-state index contributed by atoms with van der Waals surface area (Å²) in [6, 6.07) is 0. The Balaban J connectivity index is 3.27. The van der Waals surface area contributed by atoms with Gasteiger partial charge in [0.25, 0.3) is 0 Å². The molecular weight excluding hydrogens is 416 g/mol. The van der Waals surface area contributed by atoms with Crippen molar-refractivity contribution in [1.82, 2.24) is 0 Å². The lowest BCUT2D eigenvalue weighted by Gasteiger charge is -2.12. The molecule has 0 spiro atoms. The van der Waals surface area contributed by atoms with E-state index in [9.17, 15) is 4.79 Å². The van der Waals surface area contributed by atoms with Crippen molar-refractivity contribution in [1.29, 1.82) is 0 Å². The van der Waals surface area contributed by atoms with Crippen LogP contribution in [0.15, 0.2) is 12.2 Å². The Morgan fingerprint density at radius 3 is 1.65 bits per heavy atom. The summed E-state index contributed by atoms with van der Waals surface area (Å²) in [7, 11) is 0. The van der Waals surface area contributed by atoms with Gasteiger partial charge in [-0.1, -0.05) is 136 Å². The Morgan fingerprint density at radius 1 is 0.618 bits per heavy atom. The van der Waals surface area contributed by atoms with Crippen molar-refractivity contribution in [2.45, 2.75) is 169 Å². The smallest absolute Gasteiger partial charge is 0.305 e. The number of allylic oxidation sites excluding steroid dienone is 2. The predicted octanol–water partition coefficient (Wildman–Crippen LogP) is 11.0. The van der Waals surface area contributed by atoms with E-state index in [0.29, 0.717) is 18.9 Å². The summed E-state index contributed by atoms with van der Waals surface area (Å²) in [6.07, 6.45) is 32.8. The molecule has 0 bridgehead atoms. The number of hydrogen-bond donors (Lipinski definition) is 0. The molecule has 0 aliphatic carbocycles. The molecule has 0 aliphatic heterocycles. The quantitative estimate of drug-likeness (QED) is 0.0701. The van der Waals surface area contributed by atoms with E-state index in [1.807, 2.05) is 0 Å². The van der Waals surface area contributed by atoms with Gasteiger partial charge in [-0.25, -0.2) is 0 Å². The first-order valence-electron chi connectivity index (χ1n) is 15.4. The molecule has 0 fully saturated rings. The largest absolute Gasteiger partial charge is 0.466 e. The topological polar surface area (TPSA) is 26.3 Å². The average molecular weight is 479 g/mol. The Labute approximate surface area is 215 Å². The highest BCUT2D eigenvalue weighted by Gasteiger charge is 2.06. The molecule has 0 saturated carbocycles. The molecule has 202 valence electrons. The van der Waals surface area contributed by atoms with Crippen LogP contribution in [0.3, 0.4) is 0 Å². The fraction of sp³-hybridized carbons (Fsp3) is 0.906. The number of carbonyl (C=O) groups excluding carboxylic acids is 1. The molecule has 1 atom stereocenters. The maximum atomic E-state index is 11.9. The molecule has 2 nitrogen and oxygen atoms in total. The summed E-state index contributed by atoms with van der Waals surface area (Å²) >= 11 is 0. The van der Waals surface area contributed by atoms with Crippen LogP contribution >= 0.6 is 0 Å². The van der Waals surface area contributed by atoms with E-state index < -0.39 is 0 Å². The van der Waals surface area contributed by atoms with Gasteiger partial charge in [0.2, 0.25) is 0 Å². The number of unbranched alkanes of at least 4 members (excludes halogenated alkanes) is 15. The van der Waals surface area contributed by atoms with Gasteiger partial charge in [0.15, 0.2) is 0 Å². The molecule has 0 amide bonds. The molecule has 0 N–H and O–H groups in total. The molecule has 0 aromatic carbocycles. The summed E-state index contributed by atoms with van der Waals surface area (Å²) in [5.41, 5.74) is 0. The summed E-state index contributed by atoms with van der Waals surface area (Å²) in [5, 5.41) is 0. The molecule has 2 heteroatoms. The summed E-state index contributed by atoms with van der Waals surface area (Å²) < 4.78 is 5.43. The molecule has 0 aromatic heterocycles. The van der Waals surface area contributed by atoms with Crippen LogP contribution in [0.4, 0.5) is 0 Å². The molecule has 0 heterocycles. The Bertz CT molecular complexity index is 440. The molecule has 0 aliphatic rings. The molecule has 34 heavy (non-hydrogen) atoms. The molecule has 0 radical (unpaired) electrons. The SMILES string of the molecule is CCCCCCCC/C=C\CCCCCCCCCCCC(=O)OCCC(C)CCCC(C)C. The lowest BCUT2D eigenvalue weighted by molar-refractivity contribution is -0.144. The minimum atomic E-state index is 0.00963. The van der Waals surface area contributed by atoms with Crippen molar-refractivity contribution in [3.8, 4) is 0 Å². The molecule has 0 aromatic rings. The van der Waals surface area contributed by atoms with Gasteiger partial charge in [-0.15, -0.1) is 0 Å². The van der Waals surface area contributed by atoms with E-state index in [4.69, 9.17) is 4.74 Å². The molecule has 1 unspecified atom stereocenters. The van der Waals surface area contributed by atoms with Crippen molar-refractivity contribution in [3.05, 3.63) is 12.2 Å². The summed E-state index contributed by atoms with van der Waals surface area (Å²) in [4.78, 5) is 11.9. The van der Waals surface area contributed by atoms with Gasteiger partial charge in [0.1, 0.15) is 0 Å². The Kier molecular flexibility index (Phi) is 26.2. The summed E-state index contributed by atoms with van der Waals surface area (Å²) in [6.45, 7) is 9.74. The van der Waals surface area contributed by atoms with Gasteiger partial charge in [-0.05, 0) is 50.4 Å². The monoisotopic (exact) mass is 478 g/mol. The zero-order chi connectivity index (χ0) is 25.1. The van der Waals surface area contributed by atoms with Crippen LogP contribution in [-0.2, 0) is 9.53 Å². The highest BCUT2D eigenvalue weighted by Crippen LogP contribution is 2.16. The van der Waals surface area contributed by atoms with Crippen molar-refractivity contribution in [2.24, 2.45) is 11.8 Å². The van der Waals surface area contributed by atoms with Crippen LogP contribution in [0.1, 0.15) is 169 Å². The van der Waals surface area contributed by atoms with E-state index in [1.54, 1.807) is 0 Å². The van der Waals surface area contributed by atoms with Crippen molar-refractivity contribution < 1.29 is 9.53 Å². The fourth-order valence-corrected chi connectivity index (χ4v) is 4.51. The highest BCUT2D eigenvalue weighted by atomic mass is 16.5. The first-order valence-corrected chi connectivity index (χ1v) is 15.4. The van der Waals surface area contributed by atoms with Gasteiger partial charge in [-0.2, -0.15) is 0 Å². The Hall–Kier alpha value is -0.790. The number of hydrogen-bond acceptors (Lipinski definition) is 2. The number of ether oxygens (including phenoxy) is 1. The lowest BCUT2D eigenvalue weighted by Crippen LogP contribution is -2.08. The maximum Gasteiger partial charge on any atom is 0.305 e. The maximum absolute atomic E-state index is 11.9. The van der Waals surface area contributed by atoms with E-state index >= 15 is 0 Å². The Morgan fingerprint density at radius 2 is 1.12 bits per heavy atom. The van der Waals surface area contributed by atoms with E-state index in [1.165, 1.54) is 122 Å². The number of carbonyl (C=O) groups is 1. The van der Waals surface area contributed by atoms with Crippen LogP contribution in [-0.4, -0.2) is 12.6 Å². The van der Waals surface area contributed by atoms with E-state index in [0.717, 1.165) is 18.8 Å². The van der Waals surface area contributed by atoms with Gasteiger partial charge < -0.3 is 4.74 Å². The highest BCUT2D eigenvalue weighted by molar-refractivity contribution is 5.69. The van der Waals surface area contributed by atoms with Crippen LogP contribution < -0.4 is 0 Å². The number of esters is 1. The van der Waals surface area contributed by atoms with Gasteiger partial charge in [-0.3, -0.25) is 4.79 Å². The predicted molar refractivity (Wildman–Crippen MR) is 151 cm³/mol. The minimum Gasteiger partial charge on any atom is -0.466 e. The minimum absolute atomic E-state index is 0.00963. The third-order valence-corrected chi connectivity index (χ3v) is 6.99. The number of rotatable bonds is 26. The third-order valence-electron chi connectivity index (χ3n) is 6.99. The zero-order valence-electron chi connectivity index (χ0n) is 23.9. The van der Waals surface area contributed by atoms with Crippen LogP contribution in [0.2, 0.25) is 0 Å². The average Bonchev–Trinajstić information content (AvgIpc) is 2.80. The molecule has 0 saturated heterocycles. The second kappa shape index (κ2) is 26.8. The van der Waals surface area contributed by atoms with E-state index in [-0.39, 0.29) is 5.97 Å². The van der Waals surface area contributed by atoms with Gasteiger partial charge in [0.05, 0.1) is 6.61 Å². The second-order valence-corrected chi connectivity index (χ2v) is 11.2. The normalized spacial score (nSPS) is 12.6. The van der Waals surface area contributed by atoms with Gasteiger partial charge >= 0.3 is 5.97 Å². The third kappa shape index (κ3) is 27.5. The zero-order valence-corrected chi connectivity index (χ0v) is 23.9. The van der Waals surface area contributed by atoms with Gasteiger partial charge in [0, 0.05) is 6.42 Å². The first kappa shape index (κ1) is 33.2. The van der Waals surface area contributed by atoms with Crippen LogP contribution in [0.25, 0.3) is 0 Å². The van der Waals surface area contributed by atoms with Crippen molar-refractivity contribution in [3.63, 3.8) is 0 Å². The van der Waals surface area contributed by atoms with Crippen molar-refractivity contribution in [2.75, 3.05) is 6.61 Å². The van der Waals surface area contributed by atoms with Crippen molar-refractivity contribution >= 4 is 5.97 Å². The van der Waals surface area contributed by atoms with Crippen LogP contribution in [0, 0.1) is 11.8 Å². The molecule has 0 rings (SSSR count). The molecular formula is C32H62O2. The van der Waals surface area contributed by atoms with Crippen LogP contribution in [0.5, 0.6) is 0 Å². The standard InChI is InChI=1S/C32H62O2/c1-5-6-7-8-9-10-11-12-13-14-15-16-17-18-19-20-21-22-23-27-32(33)34-29-28-31(4)26-24-25-30(2)3/h12-13,30-31H,5-11,14-29H2,1-4H3/b13-12-. The van der Waals surface area contributed by atoms with E-state index in [2.05, 4.69) is 39.8 Å². The fourth-order valence-electron chi connectivity index (χ4n) is 4.51. The summed E-state index contributed by atoms with van der Waals surface area (Å²) in [5.74, 6) is 1.47. The second-order valence-electron chi connectivity index (χ2n) is 11.2. The lowest BCUT2D eigenvalue weighted by atomic mass is 9.98.